The third kappa shape index (κ3) is 1.94. The Bertz CT molecular complexity index is 107. The molecule has 1 saturated carbocycles. The fourth-order valence-corrected chi connectivity index (χ4v) is 1.56. The fourth-order valence-electron chi connectivity index (χ4n) is 1.20. The van der Waals surface area contributed by atoms with Crippen molar-refractivity contribution in [2.24, 2.45) is 5.18 Å². The van der Waals surface area contributed by atoms with E-state index in [1.54, 1.807) is 0 Å². The molecule has 0 aromatic rings. The van der Waals surface area contributed by atoms with Gasteiger partial charge >= 0.3 is 0 Å². The SMILES string of the molecule is O=NC1CCCC(Cl)C1. The van der Waals surface area contributed by atoms with E-state index in [4.69, 9.17) is 11.6 Å². The van der Waals surface area contributed by atoms with Crippen molar-refractivity contribution in [3.8, 4) is 0 Å². The third-order valence-electron chi connectivity index (χ3n) is 1.73. The lowest BCUT2D eigenvalue weighted by molar-refractivity contribution is 0.447. The van der Waals surface area contributed by atoms with Gasteiger partial charge < -0.3 is 0 Å². The molecule has 0 spiro atoms. The minimum Gasteiger partial charge on any atom is -0.151 e. The summed E-state index contributed by atoms with van der Waals surface area (Å²) in [4.78, 5) is 10.00. The van der Waals surface area contributed by atoms with E-state index in [2.05, 4.69) is 5.18 Å². The van der Waals surface area contributed by atoms with Gasteiger partial charge in [-0.05, 0) is 25.7 Å². The second kappa shape index (κ2) is 3.16. The Kier molecular flexibility index (Phi) is 2.46. The summed E-state index contributed by atoms with van der Waals surface area (Å²) in [6.45, 7) is 0. The van der Waals surface area contributed by atoms with Crippen molar-refractivity contribution in [2.75, 3.05) is 0 Å². The van der Waals surface area contributed by atoms with E-state index in [0.29, 0.717) is 0 Å². The number of nitrogens with zero attached hydrogens (tertiary/aromatic N) is 1. The van der Waals surface area contributed by atoms with Gasteiger partial charge in [-0.1, -0.05) is 5.18 Å². The molecule has 0 aliphatic heterocycles. The highest BCUT2D eigenvalue weighted by Gasteiger charge is 2.19. The maximum atomic E-state index is 10.00. The highest BCUT2D eigenvalue weighted by Crippen LogP contribution is 2.24. The van der Waals surface area contributed by atoms with Crippen LogP contribution in [0.4, 0.5) is 0 Å². The van der Waals surface area contributed by atoms with Crippen LogP contribution >= 0.6 is 11.6 Å². The quantitative estimate of drug-likeness (QED) is 0.414. The van der Waals surface area contributed by atoms with Crippen LogP contribution in [0.1, 0.15) is 25.7 Å². The molecule has 0 heterocycles. The van der Waals surface area contributed by atoms with Gasteiger partial charge in [-0.2, -0.15) is 4.91 Å². The van der Waals surface area contributed by atoms with E-state index in [0.717, 1.165) is 25.7 Å². The van der Waals surface area contributed by atoms with Crippen LogP contribution in [0.15, 0.2) is 5.18 Å². The van der Waals surface area contributed by atoms with Crippen LogP contribution in [0.3, 0.4) is 0 Å². The van der Waals surface area contributed by atoms with Crippen molar-refractivity contribution >= 4 is 11.6 Å². The monoisotopic (exact) mass is 147 g/mol. The highest BCUT2D eigenvalue weighted by molar-refractivity contribution is 6.20. The summed E-state index contributed by atoms with van der Waals surface area (Å²) in [5.41, 5.74) is 0. The summed E-state index contributed by atoms with van der Waals surface area (Å²) in [7, 11) is 0. The number of hydrogen-bond donors (Lipinski definition) is 0. The molecule has 1 aliphatic rings. The van der Waals surface area contributed by atoms with Crippen molar-refractivity contribution in [1.29, 1.82) is 0 Å². The first-order chi connectivity index (χ1) is 4.33. The van der Waals surface area contributed by atoms with Crippen molar-refractivity contribution in [3.05, 3.63) is 4.91 Å². The van der Waals surface area contributed by atoms with Crippen molar-refractivity contribution in [2.45, 2.75) is 37.1 Å². The van der Waals surface area contributed by atoms with Crippen molar-refractivity contribution < 1.29 is 0 Å². The average molecular weight is 148 g/mol. The van der Waals surface area contributed by atoms with Gasteiger partial charge in [0, 0.05) is 5.38 Å². The maximum Gasteiger partial charge on any atom is 0.0933 e. The molecule has 2 atom stereocenters. The van der Waals surface area contributed by atoms with Crippen LogP contribution in [-0.4, -0.2) is 11.4 Å². The smallest absolute Gasteiger partial charge is 0.0933 e. The number of hydrogen-bond acceptors (Lipinski definition) is 2. The van der Waals surface area contributed by atoms with Crippen LogP contribution in [-0.2, 0) is 0 Å². The molecule has 1 rings (SSSR count). The van der Waals surface area contributed by atoms with E-state index >= 15 is 0 Å². The zero-order valence-electron chi connectivity index (χ0n) is 5.22. The molecule has 2 nitrogen and oxygen atoms in total. The summed E-state index contributed by atoms with van der Waals surface area (Å²) in [5.74, 6) is 0. The van der Waals surface area contributed by atoms with Crippen LogP contribution in [0.5, 0.6) is 0 Å². The molecule has 0 bridgehead atoms. The molecular weight excluding hydrogens is 138 g/mol. The number of nitroso groups, excluding NO2 is 1. The second-order valence-corrected chi connectivity index (χ2v) is 3.14. The van der Waals surface area contributed by atoms with Gasteiger partial charge in [0.25, 0.3) is 0 Å². The second-order valence-electron chi connectivity index (χ2n) is 2.52. The normalized spacial score (nSPS) is 36.1. The molecule has 1 aliphatic carbocycles. The van der Waals surface area contributed by atoms with E-state index in [1.165, 1.54) is 0 Å². The van der Waals surface area contributed by atoms with Crippen LogP contribution < -0.4 is 0 Å². The molecule has 0 amide bonds. The molecule has 52 valence electrons. The van der Waals surface area contributed by atoms with Crippen molar-refractivity contribution in [1.82, 2.24) is 0 Å². The lowest BCUT2D eigenvalue weighted by Gasteiger charge is -2.18. The van der Waals surface area contributed by atoms with Gasteiger partial charge in [-0.15, -0.1) is 11.6 Å². The number of halogens is 1. The Balaban J connectivity index is 2.31. The molecule has 0 radical (unpaired) electrons. The van der Waals surface area contributed by atoms with Crippen LogP contribution in [0.2, 0.25) is 0 Å². The van der Waals surface area contributed by atoms with E-state index < -0.39 is 0 Å². The van der Waals surface area contributed by atoms with E-state index in [1.807, 2.05) is 0 Å². The van der Waals surface area contributed by atoms with Gasteiger partial charge in [-0.25, -0.2) is 0 Å². The molecule has 0 saturated heterocycles. The van der Waals surface area contributed by atoms with E-state index in [-0.39, 0.29) is 11.4 Å². The fraction of sp³-hybridized carbons (Fsp3) is 1.00. The average Bonchev–Trinajstić information content (AvgIpc) is 1.88. The van der Waals surface area contributed by atoms with Gasteiger partial charge in [0.05, 0.1) is 6.04 Å². The lowest BCUT2D eigenvalue weighted by atomic mass is 9.96. The molecule has 0 aromatic heterocycles. The minimum atomic E-state index is 0.00116. The topological polar surface area (TPSA) is 29.4 Å². The van der Waals surface area contributed by atoms with Crippen molar-refractivity contribution in [3.63, 3.8) is 0 Å². The molecule has 1 fully saturated rings. The minimum absolute atomic E-state index is 0.00116. The molecule has 2 unspecified atom stereocenters. The molecular formula is C6H10ClNO. The summed E-state index contributed by atoms with van der Waals surface area (Å²) >= 11 is 5.79. The van der Waals surface area contributed by atoms with Crippen LogP contribution in [0, 0.1) is 4.91 Å². The van der Waals surface area contributed by atoms with E-state index in [9.17, 15) is 4.91 Å². The lowest BCUT2D eigenvalue weighted by Crippen LogP contribution is -2.17. The molecule has 0 aromatic carbocycles. The van der Waals surface area contributed by atoms with Gasteiger partial charge in [0.15, 0.2) is 0 Å². The number of alkyl halides is 1. The predicted octanol–water partition coefficient (Wildman–Crippen LogP) is 2.30. The zero-order chi connectivity index (χ0) is 6.69. The first-order valence-electron chi connectivity index (χ1n) is 3.29. The molecule has 0 N–H and O–H groups in total. The largest absolute Gasteiger partial charge is 0.151 e. The van der Waals surface area contributed by atoms with Gasteiger partial charge in [0.2, 0.25) is 0 Å². The number of rotatable bonds is 1. The Morgan fingerprint density at radius 3 is 2.67 bits per heavy atom. The molecule has 3 heteroatoms. The first kappa shape index (κ1) is 7.00. The summed E-state index contributed by atoms with van der Waals surface area (Å²) in [6.07, 6.45) is 3.83. The standard InChI is InChI=1S/C6H10ClNO/c7-5-2-1-3-6(4-5)8-9/h5-6H,1-4H2. The summed E-state index contributed by atoms with van der Waals surface area (Å²) in [5, 5.41) is 3.16. The Hall–Kier alpha value is -0.110. The molecule has 9 heavy (non-hydrogen) atoms. The highest BCUT2D eigenvalue weighted by atomic mass is 35.5. The van der Waals surface area contributed by atoms with Gasteiger partial charge in [0.1, 0.15) is 0 Å². The predicted molar refractivity (Wildman–Crippen MR) is 37.7 cm³/mol. The van der Waals surface area contributed by atoms with Crippen LogP contribution in [0.25, 0.3) is 0 Å². The zero-order valence-corrected chi connectivity index (χ0v) is 5.97. The maximum absolute atomic E-state index is 10.00. The Labute approximate surface area is 59.6 Å². The van der Waals surface area contributed by atoms with Gasteiger partial charge in [-0.3, -0.25) is 0 Å². The summed E-state index contributed by atoms with van der Waals surface area (Å²) in [6, 6.07) is 0.00116. The Morgan fingerprint density at radius 2 is 2.22 bits per heavy atom. The first-order valence-corrected chi connectivity index (χ1v) is 3.73. The third-order valence-corrected chi connectivity index (χ3v) is 2.13. The summed E-state index contributed by atoms with van der Waals surface area (Å²) < 4.78 is 0. The Morgan fingerprint density at radius 1 is 1.44 bits per heavy atom.